The Labute approximate surface area is 101 Å². The van der Waals surface area contributed by atoms with Crippen LogP contribution >= 0.6 is 24.4 Å². The summed E-state index contributed by atoms with van der Waals surface area (Å²) in [5.74, 6) is 3.69. The molecule has 0 saturated carbocycles. The zero-order chi connectivity index (χ0) is 11.3. The lowest BCUT2D eigenvalue weighted by molar-refractivity contribution is 0.594. The molecule has 1 heterocycles. The Hall–Kier alpha value is -0.160. The standard InChI is InChI=1S/C10H19N3S2/c1-4-5-9(6-14)7-15-10-12-11-8(2)13(10)3/h9,14H,4-7H2,1-3H3. The van der Waals surface area contributed by atoms with Crippen molar-refractivity contribution in [2.45, 2.75) is 31.8 Å². The highest BCUT2D eigenvalue weighted by molar-refractivity contribution is 7.99. The van der Waals surface area contributed by atoms with Crippen molar-refractivity contribution in [3.63, 3.8) is 0 Å². The van der Waals surface area contributed by atoms with Gasteiger partial charge in [-0.05, 0) is 25.0 Å². The second-order valence-corrected chi connectivity index (χ2v) is 5.09. The summed E-state index contributed by atoms with van der Waals surface area (Å²) in [6.07, 6.45) is 2.47. The number of aromatic nitrogens is 3. The van der Waals surface area contributed by atoms with Crippen molar-refractivity contribution in [1.82, 2.24) is 14.8 Å². The SMILES string of the molecule is CCCC(CS)CSc1nnc(C)n1C. The largest absolute Gasteiger partial charge is 0.309 e. The summed E-state index contributed by atoms with van der Waals surface area (Å²) in [6.45, 7) is 4.19. The van der Waals surface area contributed by atoms with E-state index in [9.17, 15) is 0 Å². The van der Waals surface area contributed by atoms with Crippen LogP contribution in [-0.4, -0.2) is 26.3 Å². The first-order chi connectivity index (χ1) is 7.19. The molecule has 1 rings (SSSR count). The van der Waals surface area contributed by atoms with Crippen LogP contribution in [0.2, 0.25) is 0 Å². The molecule has 3 nitrogen and oxygen atoms in total. The van der Waals surface area contributed by atoms with E-state index in [1.54, 1.807) is 11.8 Å². The lowest BCUT2D eigenvalue weighted by Crippen LogP contribution is -2.06. The first-order valence-electron chi connectivity index (χ1n) is 5.28. The van der Waals surface area contributed by atoms with Gasteiger partial charge in [0.05, 0.1) is 0 Å². The van der Waals surface area contributed by atoms with Crippen molar-refractivity contribution in [1.29, 1.82) is 0 Å². The Bertz CT molecular complexity index is 299. The third-order valence-corrected chi connectivity index (χ3v) is 4.22. The van der Waals surface area contributed by atoms with Crippen LogP contribution in [0.5, 0.6) is 0 Å². The molecule has 0 aliphatic carbocycles. The summed E-state index contributed by atoms with van der Waals surface area (Å²) in [4.78, 5) is 0. The van der Waals surface area contributed by atoms with E-state index in [0.29, 0.717) is 5.92 Å². The minimum absolute atomic E-state index is 0.681. The summed E-state index contributed by atoms with van der Waals surface area (Å²) in [6, 6.07) is 0. The molecule has 86 valence electrons. The maximum atomic E-state index is 4.37. The molecule has 0 aliphatic heterocycles. The predicted octanol–water partition coefficient (Wildman–Crippen LogP) is 2.56. The molecular weight excluding hydrogens is 226 g/mol. The molecule has 1 atom stereocenters. The fourth-order valence-corrected chi connectivity index (χ4v) is 2.92. The van der Waals surface area contributed by atoms with Crippen LogP contribution in [0.4, 0.5) is 0 Å². The third-order valence-electron chi connectivity index (χ3n) is 2.46. The molecule has 0 spiro atoms. The Kier molecular flexibility index (Phi) is 5.53. The first kappa shape index (κ1) is 12.9. The van der Waals surface area contributed by atoms with Crippen molar-refractivity contribution in [3.05, 3.63) is 5.82 Å². The number of thioether (sulfide) groups is 1. The van der Waals surface area contributed by atoms with E-state index in [2.05, 4.69) is 29.7 Å². The van der Waals surface area contributed by atoms with Gasteiger partial charge in [-0.2, -0.15) is 12.6 Å². The van der Waals surface area contributed by atoms with Crippen molar-refractivity contribution in [2.24, 2.45) is 13.0 Å². The van der Waals surface area contributed by atoms with Crippen LogP contribution < -0.4 is 0 Å². The zero-order valence-electron chi connectivity index (χ0n) is 9.60. The minimum atomic E-state index is 0.681. The van der Waals surface area contributed by atoms with E-state index in [1.807, 2.05) is 18.5 Å². The summed E-state index contributed by atoms with van der Waals surface area (Å²) in [7, 11) is 2.01. The Balaban J connectivity index is 2.45. The lowest BCUT2D eigenvalue weighted by atomic mass is 10.1. The smallest absolute Gasteiger partial charge is 0.190 e. The fraction of sp³-hybridized carbons (Fsp3) is 0.800. The second kappa shape index (κ2) is 6.43. The average Bonchev–Trinajstić information content (AvgIpc) is 2.55. The molecule has 1 aromatic rings. The van der Waals surface area contributed by atoms with Crippen LogP contribution in [0.1, 0.15) is 25.6 Å². The number of nitrogens with zero attached hydrogens (tertiary/aromatic N) is 3. The van der Waals surface area contributed by atoms with Crippen molar-refractivity contribution >= 4 is 24.4 Å². The van der Waals surface area contributed by atoms with Gasteiger partial charge in [0.2, 0.25) is 0 Å². The van der Waals surface area contributed by atoms with Gasteiger partial charge in [-0.15, -0.1) is 10.2 Å². The molecule has 0 bridgehead atoms. The Morgan fingerprint density at radius 3 is 2.67 bits per heavy atom. The molecule has 0 radical (unpaired) electrons. The predicted molar refractivity (Wildman–Crippen MR) is 68.7 cm³/mol. The van der Waals surface area contributed by atoms with E-state index >= 15 is 0 Å². The van der Waals surface area contributed by atoms with E-state index in [-0.39, 0.29) is 0 Å². The molecule has 0 N–H and O–H groups in total. The highest BCUT2D eigenvalue weighted by Crippen LogP contribution is 2.21. The van der Waals surface area contributed by atoms with Crippen molar-refractivity contribution in [2.75, 3.05) is 11.5 Å². The number of aryl methyl sites for hydroxylation is 1. The minimum Gasteiger partial charge on any atom is -0.309 e. The van der Waals surface area contributed by atoms with Gasteiger partial charge in [-0.25, -0.2) is 0 Å². The highest BCUT2D eigenvalue weighted by Gasteiger charge is 2.10. The van der Waals surface area contributed by atoms with Crippen molar-refractivity contribution in [3.8, 4) is 0 Å². The van der Waals surface area contributed by atoms with Gasteiger partial charge >= 0.3 is 0 Å². The molecule has 15 heavy (non-hydrogen) atoms. The maximum Gasteiger partial charge on any atom is 0.190 e. The third kappa shape index (κ3) is 3.72. The topological polar surface area (TPSA) is 30.7 Å². The van der Waals surface area contributed by atoms with Gasteiger partial charge < -0.3 is 4.57 Å². The number of thiol groups is 1. The average molecular weight is 245 g/mol. The molecule has 0 aliphatic rings. The van der Waals surface area contributed by atoms with Crippen LogP contribution in [0.15, 0.2) is 5.16 Å². The van der Waals surface area contributed by atoms with E-state index < -0.39 is 0 Å². The van der Waals surface area contributed by atoms with Gasteiger partial charge in [0.25, 0.3) is 0 Å². The monoisotopic (exact) mass is 245 g/mol. The molecular formula is C10H19N3S2. The molecule has 1 aromatic heterocycles. The summed E-state index contributed by atoms with van der Waals surface area (Å²) in [5.41, 5.74) is 0. The van der Waals surface area contributed by atoms with Crippen molar-refractivity contribution < 1.29 is 0 Å². The summed E-state index contributed by atoms with van der Waals surface area (Å²) < 4.78 is 2.03. The van der Waals surface area contributed by atoms with Crippen LogP contribution in [0.3, 0.4) is 0 Å². The fourth-order valence-electron chi connectivity index (χ4n) is 1.34. The van der Waals surface area contributed by atoms with Crippen LogP contribution in [0.25, 0.3) is 0 Å². The normalized spacial score (nSPS) is 13.1. The van der Waals surface area contributed by atoms with Gasteiger partial charge in [0, 0.05) is 12.8 Å². The van der Waals surface area contributed by atoms with Gasteiger partial charge in [0.15, 0.2) is 5.16 Å². The second-order valence-electron chi connectivity index (χ2n) is 3.74. The molecule has 0 aromatic carbocycles. The van der Waals surface area contributed by atoms with Crippen LogP contribution in [-0.2, 0) is 7.05 Å². The van der Waals surface area contributed by atoms with E-state index in [4.69, 9.17) is 0 Å². The van der Waals surface area contributed by atoms with Gasteiger partial charge in [0.1, 0.15) is 5.82 Å². The quantitative estimate of drug-likeness (QED) is 0.617. The van der Waals surface area contributed by atoms with Crippen LogP contribution in [0, 0.1) is 12.8 Å². The summed E-state index contributed by atoms with van der Waals surface area (Å²) >= 11 is 6.15. The molecule has 0 fully saturated rings. The van der Waals surface area contributed by atoms with Gasteiger partial charge in [-0.3, -0.25) is 0 Å². The number of hydrogen-bond acceptors (Lipinski definition) is 4. The van der Waals surface area contributed by atoms with Gasteiger partial charge in [-0.1, -0.05) is 25.1 Å². The summed E-state index contributed by atoms with van der Waals surface area (Å²) in [5, 5.41) is 9.18. The molecule has 0 saturated heterocycles. The van der Waals surface area contributed by atoms with E-state index in [1.165, 1.54) is 12.8 Å². The Morgan fingerprint density at radius 1 is 1.47 bits per heavy atom. The van der Waals surface area contributed by atoms with E-state index in [0.717, 1.165) is 22.5 Å². The number of rotatable bonds is 6. The Morgan fingerprint density at radius 2 is 2.20 bits per heavy atom. The highest BCUT2D eigenvalue weighted by atomic mass is 32.2. The first-order valence-corrected chi connectivity index (χ1v) is 6.90. The number of hydrogen-bond donors (Lipinski definition) is 1. The maximum absolute atomic E-state index is 4.37. The zero-order valence-corrected chi connectivity index (χ0v) is 11.3. The molecule has 5 heteroatoms. The lowest BCUT2D eigenvalue weighted by Gasteiger charge is -2.11. The molecule has 0 amide bonds. The molecule has 1 unspecified atom stereocenters.